The third-order valence-corrected chi connectivity index (χ3v) is 9.72. The number of hydrogen-bond acceptors (Lipinski definition) is 14. The van der Waals surface area contributed by atoms with Gasteiger partial charge in [0.1, 0.15) is 16.5 Å². The molecular formula is C41H44N10O5S. The van der Waals surface area contributed by atoms with Crippen LogP contribution < -0.4 is 20.4 Å². The Hall–Kier alpha value is -6.33. The summed E-state index contributed by atoms with van der Waals surface area (Å²) in [4.78, 5) is 30.7. The number of aliphatic hydroxyl groups is 2. The Morgan fingerprint density at radius 2 is 1.16 bits per heavy atom. The maximum absolute atomic E-state index is 12.7. The van der Waals surface area contributed by atoms with Gasteiger partial charge in [0, 0.05) is 51.4 Å². The lowest BCUT2D eigenvalue weighted by Gasteiger charge is -2.18. The van der Waals surface area contributed by atoms with Gasteiger partial charge in [-0.25, -0.2) is 4.98 Å². The Morgan fingerprint density at radius 1 is 0.614 bits per heavy atom. The van der Waals surface area contributed by atoms with Crippen molar-refractivity contribution in [3.8, 4) is 0 Å². The van der Waals surface area contributed by atoms with Crippen LogP contribution in [0.2, 0.25) is 0 Å². The van der Waals surface area contributed by atoms with E-state index in [4.69, 9.17) is 0 Å². The van der Waals surface area contributed by atoms with Crippen LogP contribution >= 0.6 is 0 Å². The highest BCUT2D eigenvalue weighted by molar-refractivity contribution is 7.86. The van der Waals surface area contributed by atoms with Crippen molar-refractivity contribution in [1.29, 1.82) is 0 Å². The summed E-state index contributed by atoms with van der Waals surface area (Å²) in [6.07, 6.45) is 4.05. The lowest BCUT2D eigenvalue weighted by atomic mass is 10.0. The zero-order valence-corrected chi connectivity index (χ0v) is 32.6. The Bertz CT molecular complexity index is 2440. The maximum Gasteiger partial charge on any atom is 0.295 e. The van der Waals surface area contributed by atoms with Gasteiger partial charge in [-0.2, -0.15) is 33.3 Å². The third kappa shape index (κ3) is 11.1. The number of nitrogens with one attached hydrogen (secondary N) is 2. The lowest BCUT2D eigenvalue weighted by Crippen LogP contribution is -2.25. The zero-order chi connectivity index (χ0) is 40.4. The van der Waals surface area contributed by atoms with Crippen LogP contribution in [0.15, 0.2) is 102 Å². The van der Waals surface area contributed by atoms with E-state index in [1.54, 1.807) is 48.2 Å². The molecule has 0 unspecified atom stereocenters. The number of aliphatic hydroxyl groups excluding tert-OH is 2. The average Bonchev–Trinajstić information content (AvgIpc) is 3.18. The molecule has 0 spiro atoms. The fraction of sp³-hybridized carbons (Fsp3) is 0.220. The summed E-state index contributed by atoms with van der Waals surface area (Å²) < 4.78 is 35.6. The standard InChI is InChI=1S/C41H44N10O5S/c1-28-24-34(43-39-47-38(42-33-12-8-5-9-13-33)48-41(49-39)51(3)21-23-53)19-18-31(28)16-17-32-15-14-30(25-35(32)57(54,55)56)27-37-44-36(26-29-10-6-4-7-11-29)45-40(46-37)50(2)20-22-52/h4-19,24-25,52-53H,20-23,26-27H2,1-3H3,(H,54,55,56)(H2,42,43,47,48,49)/b17-16+. The SMILES string of the molecule is Cc1cc(Nc2nc(Nc3ccccc3)nc(N(C)CCO)n2)ccc1/C=C/c1ccc(Cc2nc(Cc3ccccc3)nc(N(C)CCO)n2)cc1S(=O)(=O)O. The van der Waals surface area contributed by atoms with E-state index in [-0.39, 0.29) is 24.5 Å². The highest BCUT2D eigenvalue weighted by atomic mass is 32.2. The van der Waals surface area contributed by atoms with Gasteiger partial charge in [0.2, 0.25) is 23.8 Å². The van der Waals surface area contributed by atoms with Crippen molar-refractivity contribution in [3.05, 3.63) is 137 Å². The number of para-hydroxylation sites is 1. The molecule has 0 saturated carbocycles. The van der Waals surface area contributed by atoms with Gasteiger partial charge < -0.3 is 30.6 Å². The van der Waals surface area contributed by atoms with Crippen LogP contribution in [0, 0.1) is 6.92 Å². The van der Waals surface area contributed by atoms with Crippen LogP contribution in [0.4, 0.5) is 35.2 Å². The van der Waals surface area contributed by atoms with E-state index in [1.807, 2.05) is 85.8 Å². The quantitative estimate of drug-likeness (QED) is 0.0588. The Balaban J connectivity index is 1.22. The predicted molar refractivity (Wildman–Crippen MR) is 222 cm³/mol. The number of anilines is 6. The number of aromatic nitrogens is 6. The van der Waals surface area contributed by atoms with E-state index in [1.165, 1.54) is 6.07 Å². The topological polar surface area (TPSA) is 203 Å². The van der Waals surface area contributed by atoms with Gasteiger partial charge in [0.05, 0.1) is 13.2 Å². The molecule has 0 radical (unpaired) electrons. The summed E-state index contributed by atoms with van der Waals surface area (Å²) in [5.41, 5.74) is 5.08. The van der Waals surface area contributed by atoms with Crippen LogP contribution in [0.5, 0.6) is 0 Å². The molecule has 0 amide bonds. The Kier molecular flexibility index (Phi) is 13.1. The second-order valence-electron chi connectivity index (χ2n) is 13.2. The molecule has 6 aromatic rings. The summed E-state index contributed by atoms with van der Waals surface area (Å²) in [6.45, 7) is 2.41. The molecule has 0 aliphatic rings. The molecule has 2 aromatic heterocycles. The fourth-order valence-electron chi connectivity index (χ4n) is 5.84. The first-order valence-corrected chi connectivity index (χ1v) is 19.6. The smallest absolute Gasteiger partial charge is 0.295 e. The predicted octanol–water partition coefficient (Wildman–Crippen LogP) is 5.31. The van der Waals surface area contributed by atoms with E-state index >= 15 is 0 Å². The summed E-state index contributed by atoms with van der Waals surface area (Å²) in [5, 5.41) is 25.4. The molecule has 5 N–H and O–H groups in total. The van der Waals surface area contributed by atoms with Crippen molar-refractivity contribution in [2.24, 2.45) is 0 Å². The van der Waals surface area contributed by atoms with Crippen LogP contribution in [-0.2, 0) is 23.0 Å². The fourth-order valence-corrected chi connectivity index (χ4v) is 6.58. The molecule has 16 heteroatoms. The normalized spacial score (nSPS) is 11.5. The molecule has 0 atom stereocenters. The highest BCUT2D eigenvalue weighted by Crippen LogP contribution is 2.26. The first-order chi connectivity index (χ1) is 27.5. The van der Waals surface area contributed by atoms with Crippen molar-refractivity contribution in [1.82, 2.24) is 29.9 Å². The van der Waals surface area contributed by atoms with Crippen LogP contribution in [-0.4, -0.2) is 93.5 Å². The van der Waals surface area contributed by atoms with E-state index in [0.29, 0.717) is 71.8 Å². The summed E-state index contributed by atoms with van der Waals surface area (Å²) >= 11 is 0. The number of hydrogen-bond donors (Lipinski definition) is 5. The molecular weight excluding hydrogens is 745 g/mol. The molecule has 2 heterocycles. The third-order valence-electron chi connectivity index (χ3n) is 8.82. The number of aryl methyl sites for hydroxylation is 1. The number of benzene rings is 4. The number of nitrogens with zero attached hydrogens (tertiary/aromatic N) is 8. The first kappa shape index (κ1) is 40.3. The van der Waals surface area contributed by atoms with Gasteiger partial charge in [-0.15, -0.1) is 0 Å². The minimum absolute atomic E-state index is 0.0706. The van der Waals surface area contributed by atoms with E-state index in [0.717, 1.165) is 22.4 Å². The lowest BCUT2D eigenvalue weighted by molar-refractivity contribution is 0.303. The second-order valence-corrected chi connectivity index (χ2v) is 14.6. The van der Waals surface area contributed by atoms with Crippen molar-refractivity contribution < 1.29 is 23.2 Å². The van der Waals surface area contributed by atoms with Crippen LogP contribution in [0.25, 0.3) is 12.2 Å². The number of likely N-dealkylation sites (N-methyl/N-ethyl adjacent to an activating group) is 2. The zero-order valence-electron chi connectivity index (χ0n) is 31.8. The summed E-state index contributed by atoms with van der Waals surface area (Å²) in [6, 6.07) is 29.7. The molecule has 0 saturated heterocycles. The largest absolute Gasteiger partial charge is 0.395 e. The van der Waals surface area contributed by atoms with Crippen molar-refractivity contribution in [3.63, 3.8) is 0 Å². The van der Waals surface area contributed by atoms with Gasteiger partial charge in [0.25, 0.3) is 10.1 Å². The van der Waals surface area contributed by atoms with Gasteiger partial charge >= 0.3 is 0 Å². The molecule has 294 valence electrons. The first-order valence-electron chi connectivity index (χ1n) is 18.1. The molecule has 57 heavy (non-hydrogen) atoms. The van der Waals surface area contributed by atoms with E-state index in [9.17, 15) is 23.2 Å². The summed E-state index contributed by atoms with van der Waals surface area (Å²) in [5.74, 6) is 2.33. The Morgan fingerprint density at radius 3 is 1.75 bits per heavy atom. The van der Waals surface area contributed by atoms with Gasteiger partial charge in [-0.3, -0.25) is 4.55 Å². The maximum atomic E-state index is 12.7. The van der Waals surface area contributed by atoms with Gasteiger partial charge in [-0.05, 0) is 65.1 Å². The molecule has 4 aromatic carbocycles. The minimum atomic E-state index is -4.61. The van der Waals surface area contributed by atoms with Crippen molar-refractivity contribution in [2.45, 2.75) is 24.7 Å². The molecule has 15 nitrogen and oxygen atoms in total. The van der Waals surface area contributed by atoms with Crippen molar-refractivity contribution >= 4 is 57.4 Å². The van der Waals surface area contributed by atoms with Gasteiger partial charge in [0.15, 0.2) is 0 Å². The summed E-state index contributed by atoms with van der Waals surface area (Å²) in [7, 11) is -1.06. The molecule has 0 bridgehead atoms. The molecule has 0 aliphatic heterocycles. The van der Waals surface area contributed by atoms with E-state index in [2.05, 4.69) is 40.5 Å². The van der Waals surface area contributed by atoms with Crippen LogP contribution in [0.3, 0.4) is 0 Å². The monoisotopic (exact) mass is 788 g/mol. The van der Waals surface area contributed by atoms with Crippen LogP contribution in [0.1, 0.15) is 39.5 Å². The minimum Gasteiger partial charge on any atom is -0.395 e. The number of rotatable bonds is 17. The van der Waals surface area contributed by atoms with Gasteiger partial charge in [-0.1, -0.05) is 78.9 Å². The highest BCUT2D eigenvalue weighted by Gasteiger charge is 2.18. The molecule has 0 aliphatic carbocycles. The average molecular weight is 789 g/mol. The molecule has 6 rings (SSSR count). The van der Waals surface area contributed by atoms with E-state index < -0.39 is 10.1 Å². The van der Waals surface area contributed by atoms with Crippen molar-refractivity contribution in [2.75, 3.05) is 60.8 Å². The molecule has 0 fully saturated rings. The Labute approximate surface area is 331 Å². The second kappa shape index (κ2) is 18.5.